The van der Waals surface area contributed by atoms with E-state index in [9.17, 15) is 0 Å². The maximum Gasteiger partial charge on any atom is 0.0821 e. The zero-order chi connectivity index (χ0) is 14.4. The van der Waals surface area contributed by atoms with Crippen LogP contribution in [0.25, 0.3) is 0 Å². The van der Waals surface area contributed by atoms with Crippen molar-refractivity contribution in [1.82, 2.24) is 4.90 Å². The fourth-order valence-corrected chi connectivity index (χ4v) is 3.50. The maximum atomic E-state index is 5.68. The average Bonchev–Trinajstić information content (AvgIpc) is 2.50. The lowest BCUT2D eigenvalue weighted by atomic mass is 9.81. The molecule has 2 atom stereocenters. The largest absolute Gasteiger partial charge is 0.383 e. The first-order valence-electron chi connectivity index (χ1n) is 7.94. The highest BCUT2D eigenvalue weighted by molar-refractivity contribution is 5.35. The number of ether oxygens (including phenoxy) is 2. The Kier molecular flexibility index (Phi) is 6.27. The van der Waals surface area contributed by atoms with Crippen molar-refractivity contribution in [2.75, 3.05) is 33.9 Å². The molecular formula is C17H29NO2. The van der Waals surface area contributed by atoms with Gasteiger partial charge in [0.2, 0.25) is 0 Å². The highest BCUT2D eigenvalue weighted by Crippen LogP contribution is 2.35. The van der Waals surface area contributed by atoms with Gasteiger partial charge in [-0.25, -0.2) is 0 Å². The van der Waals surface area contributed by atoms with Gasteiger partial charge in [-0.15, -0.1) is 0 Å². The van der Waals surface area contributed by atoms with Crippen LogP contribution in [0.2, 0.25) is 0 Å². The average molecular weight is 279 g/mol. The molecule has 0 aromatic carbocycles. The van der Waals surface area contributed by atoms with Crippen LogP contribution < -0.4 is 0 Å². The molecule has 0 saturated heterocycles. The van der Waals surface area contributed by atoms with E-state index in [0.29, 0.717) is 12.1 Å². The van der Waals surface area contributed by atoms with Crippen molar-refractivity contribution >= 4 is 0 Å². The number of hydrogen-bond acceptors (Lipinski definition) is 3. The summed E-state index contributed by atoms with van der Waals surface area (Å²) in [6.45, 7) is 5.31. The Hall–Kier alpha value is -0.640. The van der Waals surface area contributed by atoms with Gasteiger partial charge in [-0.3, -0.25) is 4.90 Å². The zero-order valence-electron chi connectivity index (χ0n) is 13.2. The summed E-state index contributed by atoms with van der Waals surface area (Å²) in [6.07, 6.45) is 10.8. The molecule has 3 heteroatoms. The summed E-state index contributed by atoms with van der Waals surface area (Å²) in [5, 5.41) is 0. The second kappa shape index (κ2) is 7.96. The normalized spacial score (nSPS) is 26.2. The molecule has 2 aliphatic carbocycles. The number of hydrogen-bond donors (Lipinski definition) is 0. The minimum absolute atomic E-state index is 0.309. The molecule has 0 aromatic heterocycles. The van der Waals surface area contributed by atoms with Crippen LogP contribution in [0.5, 0.6) is 0 Å². The summed E-state index contributed by atoms with van der Waals surface area (Å²) in [4.78, 5) is 2.61. The Bertz CT molecular complexity index is 362. The molecule has 0 heterocycles. The van der Waals surface area contributed by atoms with Crippen LogP contribution >= 0.6 is 0 Å². The van der Waals surface area contributed by atoms with Crippen LogP contribution in [0.4, 0.5) is 0 Å². The van der Waals surface area contributed by atoms with Gasteiger partial charge in [0.1, 0.15) is 0 Å². The minimum atomic E-state index is 0.309. The molecule has 0 amide bonds. The Morgan fingerprint density at radius 2 is 2.15 bits per heavy atom. The Labute approximate surface area is 123 Å². The van der Waals surface area contributed by atoms with Gasteiger partial charge in [-0.1, -0.05) is 19.1 Å². The monoisotopic (exact) mass is 279 g/mol. The van der Waals surface area contributed by atoms with E-state index in [1.807, 2.05) is 7.11 Å². The molecule has 20 heavy (non-hydrogen) atoms. The van der Waals surface area contributed by atoms with Gasteiger partial charge in [0.25, 0.3) is 0 Å². The Morgan fingerprint density at radius 3 is 2.85 bits per heavy atom. The minimum Gasteiger partial charge on any atom is -0.383 e. The summed E-state index contributed by atoms with van der Waals surface area (Å²) in [5.74, 6) is 0. The van der Waals surface area contributed by atoms with Gasteiger partial charge >= 0.3 is 0 Å². The molecular weight excluding hydrogens is 250 g/mol. The van der Waals surface area contributed by atoms with Gasteiger partial charge in [-0.2, -0.15) is 0 Å². The molecule has 3 nitrogen and oxygen atoms in total. The summed E-state index contributed by atoms with van der Waals surface area (Å²) in [7, 11) is 3.63. The van der Waals surface area contributed by atoms with Crippen LogP contribution in [0.1, 0.15) is 39.0 Å². The number of rotatable bonds is 7. The van der Waals surface area contributed by atoms with Crippen LogP contribution in [-0.2, 0) is 9.47 Å². The third-order valence-electron chi connectivity index (χ3n) is 4.57. The maximum absolute atomic E-state index is 5.68. The zero-order valence-corrected chi connectivity index (χ0v) is 13.2. The van der Waals surface area contributed by atoms with E-state index in [1.165, 1.54) is 37.8 Å². The van der Waals surface area contributed by atoms with Crippen molar-refractivity contribution in [3.8, 4) is 0 Å². The van der Waals surface area contributed by atoms with Crippen molar-refractivity contribution < 1.29 is 9.47 Å². The van der Waals surface area contributed by atoms with Crippen molar-refractivity contribution in [3.05, 3.63) is 23.3 Å². The van der Waals surface area contributed by atoms with E-state index in [1.54, 1.807) is 12.7 Å². The second-order valence-electron chi connectivity index (χ2n) is 5.84. The molecule has 0 fully saturated rings. The number of nitrogens with zero attached hydrogens (tertiary/aromatic N) is 1. The molecule has 2 rings (SSSR count). The fourth-order valence-electron chi connectivity index (χ4n) is 3.50. The van der Waals surface area contributed by atoms with E-state index in [2.05, 4.69) is 24.0 Å². The van der Waals surface area contributed by atoms with Crippen LogP contribution in [0, 0.1) is 0 Å². The molecule has 114 valence electrons. The first kappa shape index (κ1) is 15.7. The van der Waals surface area contributed by atoms with Crippen LogP contribution in [0.3, 0.4) is 0 Å². The third-order valence-corrected chi connectivity index (χ3v) is 4.57. The van der Waals surface area contributed by atoms with Gasteiger partial charge in [0.05, 0.1) is 12.7 Å². The predicted octanol–water partition coefficient (Wildman–Crippen LogP) is 3.17. The fraction of sp³-hybridized carbons (Fsp3) is 0.765. The lowest BCUT2D eigenvalue weighted by molar-refractivity contribution is 0.0955. The van der Waals surface area contributed by atoms with Gasteiger partial charge < -0.3 is 9.47 Å². The van der Waals surface area contributed by atoms with E-state index in [0.717, 1.165) is 19.6 Å². The highest BCUT2D eigenvalue weighted by atomic mass is 16.5. The lowest BCUT2D eigenvalue weighted by Crippen LogP contribution is -2.41. The summed E-state index contributed by atoms with van der Waals surface area (Å²) in [6, 6.07) is 0.660. The van der Waals surface area contributed by atoms with Crippen LogP contribution in [0.15, 0.2) is 23.3 Å². The van der Waals surface area contributed by atoms with E-state index >= 15 is 0 Å². The molecule has 0 aliphatic heterocycles. The number of allylic oxidation sites excluding steroid dienone is 2. The standard InChI is InChI=1S/C17H29NO2/c1-4-10-18(11-12-19-2)15-9-8-14-6-5-7-17(20-3)16(14)13-15/h5-6,15,17H,4,7-13H2,1-3H3. The first-order valence-corrected chi connectivity index (χ1v) is 7.94. The van der Waals surface area contributed by atoms with Crippen molar-refractivity contribution in [2.24, 2.45) is 0 Å². The molecule has 2 aliphatic rings. The molecule has 0 aromatic rings. The summed E-state index contributed by atoms with van der Waals surface area (Å²) in [5.41, 5.74) is 3.08. The molecule has 0 spiro atoms. The lowest BCUT2D eigenvalue weighted by Gasteiger charge is -2.38. The topological polar surface area (TPSA) is 21.7 Å². The second-order valence-corrected chi connectivity index (χ2v) is 5.84. The summed E-state index contributed by atoms with van der Waals surface area (Å²) < 4.78 is 10.9. The molecule has 0 saturated carbocycles. The van der Waals surface area contributed by atoms with Crippen molar-refractivity contribution in [2.45, 2.75) is 51.2 Å². The van der Waals surface area contributed by atoms with Gasteiger partial charge in [-0.05, 0) is 49.8 Å². The molecule has 0 bridgehead atoms. The van der Waals surface area contributed by atoms with Crippen molar-refractivity contribution in [3.63, 3.8) is 0 Å². The first-order chi connectivity index (χ1) is 9.80. The van der Waals surface area contributed by atoms with E-state index in [4.69, 9.17) is 9.47 Å². The molecule has 2 unspecified atom stereocenters. The van der Waals surface area contributed by atoms with Gasteiger partial charge in [0, 0.05) is 26.8 Å². The predicted molar refractivity (Wildman–Crippen MR) is 83.0 cm³/mol. The smallest absolute Gasteiger partial charge is 0.0821 e. The van der Waals surface area contributed by atoms with E-state index in [-0.39, 0.29) is 0 Å². The van der Waals surface area contributed by atoms with Crippen molar-refractivity contribution in [1.29, 1.82) is 0 Å². The Balaban J connectivity index is 2.04. The summed E-state index contributed by atoms with van der Waals surface area (Å²) >= 11 is 0. The highest BCUT2D eigenvalue weighted by Gasteiger charge is 2.29. The van der Waals surface area contributed by atoms with E-state index < -0.39 is 0 Å². The quantitative estimate of drug-likeness (QED) is 0.714. The third kappa shape index (κ3) is 3.72. The molecule has 0 radical (unpaired) electrons. The van der Waals surface area contributed by atoms with Gasteiger partial charge in [0.15, 0.2) is 0 Å². The molecule has 0 N–H and O–H groups in total. The SMILES string of the molecule is CCCN(CCOC)C1CCC2=C(C1)C(OC)CC=C2. The van der Waals surface area contributed by atoms with Crippen LogP contribution in [-0.4, -0.2) is 51.0 Å². The number of methoxy groups -OCH3 is 2. The Morgan fingerprint density at radius 1 is 1.30 bits per heavy atom.